The molecular formula is C40H82O. The molecule has 248 valence electrons. The van der Waals surface area contributed by atoms with E-state index < -0.39 is 0 Å². The molecule has 0 bridgehead atoms. The van der Waals surface area contributed by atoms with E-state index in [1.54, 1.807) is 0 Å². The highest BCUT2D eigenvalue weighted by molar-refractivity contribution is 4.69. The molecule has 1 nitrogen and oxygen atoms in total. The molecule has 0 amide bonds. The first-order chi connectivity index (χ1) is 20.1. The molecule has 0 aliphatic heterocycles. The van der Waals surface area contributed by atoms with Gasteiger partial charge in [-0.3, -0.25) is 0 Å². The van der Waals surface area contributed by atoms with E-state index in [-0.39, 0.29) is 0 Å². The van der Waals surface area contributed by atoms with Gasteiger partial charge in [-0.1, -0.05) is 208 Å². The number of hydrogen-bond acceptors (Lipinski definition) is 1. The van der Waals surface area contributed by atoms with Crippen LogP contribution >= 0.6 is 0 Å². The van der Waals surface area contributed by atoms with Crippen LogP contribution in [0, 0.1) is 23.7 Å². The van der Waals surface area contributed by atoms with E-state index in [4.69, 9.17) is 4.74 Å². The van der Waals surface area contributed by atoms with Crippen LogP contribution < -0.4 is 0 Å². The Kier molecular flexibility index (Phi) is 32.8. The summed E-state index contributed by atoms with van der Waals surface area (Å²) in [6.45, 7) is 16.4. The SMILES string of the molecule is CCCCCCCC(CCCCOCCCCC(CCCCCCC)C(C)CCCCCC)C(C)CCCCCC. The number of hydrogen-bond donors (Lipinski definition) is 0. The Hall–Kier alpha value is -0.0400. The van der Waals surface area contributed by atoms with Crippen molar-refractivity contribution in [2.75, 3.05) is 13.2 Å². The van der Waals surface area contributed by atoms with Crippen molar-refractivity contribution in [3.63, 3.8) is 0 Å². The summed E-state index contributed by atoms with van der Waals surface area (Å²) in [5.41, 5.74) is 0. The minimum atomic E-state index is 0.910. The quantitative estimate of drug-likeness (QED) is 0.0690. The van der Waals surface area contributed by atoms with Crippen LogP contribution in [0.3, 0.4) is 0 Å². The normalized spacial score (nSPS) is 14.8. The van der Waals surface area contributed by atoms with Gasteiger partial charge in [0.2, 0.25) is 0 Å². The second-order valence-corrected chi connectivity index (χ2v) is 14.2. The zero-order valence-electron chi connectivity index (χ0n) is 29.9. The second-order valence-electron chi connectivity index (χ2n) is 14.2. The highest BCUT2D eigenvalue weighted by Crippen LogP contribution is 2.30. The smallest absolute Gasteiger partial charge is 0.0466 e. The first-order valence-corrected chi connectivity index (χ1v) is 19.7. The van der Waals surface area contributed by atoms with E-state index >= 15 is 0 Å². The Morgan fingerprint density at radius 3 is 0.927 bits per heavy atom. The van der Waals surface area contributed by atoms with Gasteiger partial charge in [0.05, 0.1) is 0 Å². The molecule has 4 atom stereocenters. The van der Waals surface area contributed by atoms with Crippen LogP contribution in [0.25, 0.3) is 0 Å². The molecule has 41 heavy (non-hydrogen) atoms. The van der Waals surface area contributed by atoms with Crippen LogP contribution in [0.15, 0.2) is 0 Å². The summed E-state index contributed by atoms with van der Waals surface area (Å²) in [7, 11) is 0. The zero-order valence-corrected chi connectivity index (χ0v) is 29.9. The maximum absolute atomic E-state index is 6.15. The van der Waals surface area contributed by atoms with Crippen LogP contribution in [-0.2, 0) is 4.74 Å². The fourth-order valence-corrected chi connectivity index (χ4v) is 7.03. The Morgan fingerprint density at radius 2 is 0.585 bits per heavy atom. The molecule has 0 aliphatic carbocycles. The lowest BCUT2D eigenvalue weighted by Crippen LogP contribution is -2.13. The van der Waals surface area contributed by atoms with Gasteiger partial charge in [0.1, 0.15) is 0 Å². The second kappa shape index (κ2) is 32.9. The lowest BCUT2D eigenvalue weighted by Gasteiger charge is -2.25. The highest BCUT2D eigenvalue weighted by atomic mass is 16.5. The van der Waals surface area contributed by atoms with E-state index in [2.05, 4.69) is 41.5 Å². The zero-order chi connectivity index (χ0) is 30.2. The molecule has 0 N–H and O–H groups in total. The van der Waals surface area contributed by atoms with Gasteiger partial charge in [0.15, 0.2) is 0 Å². The largest absolute Gasteiger partial charge is 0.381 e. The van der Waals surface area contributed by atoms with E-state index in [0.717, 1.165) is 36.9 Å². The van der Waals surface area contributed by atoms with E-state index in [9.17, 15) is 0 Å². The summed E-state index contributed by atoms with van der Waals surface area (Å²) in [5.74, 6) is 3.71. The maximum atomic E-state index is 6.15. The average molecular weight is 579 g/mol. The lowest BCUT2D eigenvalue weighted by atomic mass is 9.82. The van der Waals surface area contributed by atoms with Gasteiger partial charge in [-0.2, -0.15) is 0 Å². The van der Waals surface area contributed by atoms with Crippen molar-refractivity contribution >= 4 is 0 Å². The molecule has 0 aromatic heterocycles. The van der Waals surface area contributed by atoms with E-state index in [0.29, 0.717) is 0 Å². The highest BCUT2D eigenvalue weighted by Gasteiger charge is 2.18. The number of ether oxygens (including phenoxy) is 1. The molecule has 4 unspecified atom stereocenters. The Bertz CT molecular complexity index is 431. The minimum Gasteiger partial charge on any atom is -0.381 e. The third-order valence-electron chi connectivity index (χ3n) is 10.2. The van der Waals surface area contributed by atoms with Crippen molar-refractivity contribution in [2.45, 2.75) is 221 Å². The summed E-state index contributed by atoms with van der Waals surface area (Å²) in [6.07, 6.45) is 39.6. The molecule has 0 saturated heterocycles. The standard InChI is InChI=1S/C40H82O/c1-7-11-15-19-23-31-39(37(5)29-21-17-13-9-3)33-25-27-35-41-36-28-26-34-40(32-24-20-16-12-8-2)38(6)30-22-18-14-10-4/h37-40H,7-36H2,1-6H3. The van der Waals surface area contributed by atoms with Gasteiger partial charge in [-0.05, 0) is 36.5 Å². The summed E-state index contributed by atoms with van der Waals surface area (Å²) >= 11 is 0. The first kappa shape index (κ1) is 41.0. The average Bonchev–Trinajstić information content (AvgIpc) is 2.98. The van der Waals surface area contributed by atoms with Crippen molar-refractivity contribution in [2.24, 2.45) is 23.7 Å². The van der Waals surface area contributed by atoms with Crippen molar-refractivity contribution in [3.8, 4) is 0 Å². The van der Waals surface area contributed by atoms with Gasteiger partial charge >= 0.3 is 0 Å². The van der Waals surface area contributed by atoms with Crippen molar-refractivity contribution in [1.82, 2.24) is 0 Å². The van der Waals surface area contributed by atoms with Gasteiger partial charge in [-0.15, -0.1) is 0 Å². The summed E-state index contributed by atoms with van der Waals surface area (Å²) in [4.78, 5) is 0. The third kappa shape index (κ3) is 27.3. The Labute approximate surface area is 262 Å². The summed E-state index contributed by atoms with van der Waals surface area (Å²) < 4.78 is 6.15. The molecule has 0 saturated carbocycles. The molecule has 0 fully saturated rings. The van der Waals surface area contributed by atoms with Crippen molar-refractivity contribution in [3.05, 3.63) is 0 Å². The minimum absolute atomic E-state index is 0.910. The van der Waals surface area contributed by atoms with Crippen LogP contribution in [0.5, 0.6) is 0 Å². The molecular weight excluding hydrogens is 496 g/mol. The maximum Gasteiger partial charge on any atom is 0.0466 e. The van der Waals surface area contributed by atoms with Crippen molar-refractivity contribution < 1.29 is 4.74 Å². The van der Waals surface area contributed by atoms with Gasteiger partial charge in [-0.25, -0.2) is 0 Å². The first-order valence-electron chi connectivity index (χ1n) is 19.7. The predicted octanol–water partition coefficient (Wildman–Crippen LogP) is 14.5. The number of unbranched alkanes of at least 4 members (excludes halogenated alkanes) is 16. The molecule has 0 rings (SSSR count). The predicted molar refractivity (Wildman–Crippen MR) is 188 cm³/mol. The van der Waals surface area contributed by atoms with Gasteiger partial charge < -0.3 is 4.74 Å². The van der Waals surface area contributed by atoms with Crippen LogP contribution in [0.2, 0.25) is 0 Å². The van der Waals surface area contributed by atoms with E-state index in [1.165, 1.54) is 180 Å². The molecule has 0 heterocycles. The van der Waals surface area contributed by atoms with Crippen molar-refractivity contribution in [1.29, 1.82) is 0 Å². The van der Waals surface area contributed by atoms with Crippen LogP contribution in [0.1, 0.15) is 221 Å². The molecule has 0 radical (unpaired) electrons. The topological polar surface area (TPSA) is 9.23 Å². The third-order valence-corrected chi connectivity index (χ3v) is 10.2. The number of rotatable bonds is 34. The fourth-order valence-electron chi connectivity index (χ4n) is 7.03. The molecule has 0 aromatic carbocycles. The lowest BCUT2D eigenvalue weighted by molar-refractivity contribution is 0.121. The molecule has 0 aromatic rings. The molecule has 1 heteroatoms. The van der Waals surface area contributed by atoms with Gasteiger partial charge in [0, 0.05) is 13.2 Å². The van der Waals surface area contributed by atoms with Crippen LogP contribution in [-0.4, -0.2) is 13.2 Å². The fraction of sp³-hybridized carbons (Fsp3) is 1.00. The van der Waals surface area contributed by atoms with Gasteiger partial charge in [0.25, 0.3) is 0 Å². The van der Waals surface area contributed by atoms with E-state index in [1.807, 2.05) is 0 Å². The summed E-state index contributed by atoms with van der Waals surface area (Å²) in [5, 5.41) is 0. The van der Waals surface area contributed by atoms with Crippen LogP contribution in [0.4, 0.5) is 0 Å². The Morgan fingerprint density at radius 1 is 0.317 bits per heavy atom. The molecule has 0 spiro atoms. The Balaban J connectivity index is 4.22. The summed E-state index contributed by atoms with van der Waals surface area (Å²) in [6, 6.07) is 0. The molecule has 0 aliphatic rings. The monoisotopic (exact) mass is 579 g/mol.